The fourth-order valence-electron chi connectivity index (χ4n) is 3.37. The molecule has 5 nitrogen and oxygen atoms in total. The molecule has 0 radical (unpaired) electrons. The van der Waals surface area contributed by atoms with Crippen molar-refractivity contribution in [3.63, 3.8) is 0 Å². The minimum atomic E-state index is -0.367. The van der Waals surface area contributed by atoms with Gasteiger partial charge in [0.25, 0.3) is 0 Å². The lowest BCUT2D eigenvalue weighted by Gasteiger charge is -2.30. The number of hydrogen-bond donors (Lipinski definition) is 3. The molecule has 1 fully saturated rings. The molecule has 1 aromatic rings. The molecule has 0 saturated heterocycles. The SMILES string of the molecule is Cl.NC(=O)CC(NC(=O)CC(N)c1ccccc1)C1CCCCC1. The standard InChI is InChI=1S/C18H27N3O2.ClH/c19-15(13-7-3-1-4-8-13)11-18(23)21-16(12-17(20)22)14-9-5-2-6-10-14;/h1,3-4,7-8,14-16H,2,5-6,9-12,19H2,(H2,20,22)(H,21,23);1H. The lowest BCUT2D eigenvalue weighted by atomic mass is 9.82. The summed E-state index contributed by atoms with van der Waals surface area (Å²) in [6.45, 7) is 0. The van der Waals surface area contributed by atoms with Crippen LogP contribution in [0.1, 0.15) is 56.6 Å². The maximum atomic E-state index is 12.3. The van der Waals surface area contributed by atoms with Crippen LogP contribution in [0.5, 0.6) is 0 Å². The first-order valence-corrected chi connectivity index (χ1v) is 8.44. The Balaban J connectivity index is 0.00000288. The lowest BCUT2D eigenvalue weighted by molar-refractivity contribution is -0.123. The first-order chi connectivity index (χ1) is 11.1. The van der Waals surface area contributed by atoms with Gasteiger partial charge in [0.1, 0.15) is 0 Å². The first kappa shape index (κ1) is 20.5. The van der Waals surface area contributed by atoms with Crippen molar-refractivity contribution in [3.05, 3.63) is 35.9 Å². The van der Waals surface area contributed by atoms with Crippen molar-refractivity contribution in [2.75, 3.05) is 0 Å². The monoisotopic (exact) mass is 353 g/mol. The Hall–Kier alpha value is -1.59. The third kappa shape index (κ3) is 6.49. The summed E-state index contributed by atoms with van der Waals surface area (Å²) in [7, 11) is 0. The highest BCUT2D eigenvalue weighted by atomic mass is 35.5. The third-order valence-electron chi connectivity index (χ3n) is 4.62. The van der Waals surface area contributed by atoms with Crippen LogP contribution in [0.25, 0.3) is 0 Å². The van der Waals surface area contributed by atoms with Gasteiger partial charge in [-0.05, 0) is 24.3 Å². The largest absolute Gasteiger partial charge is 0.370 e. The highest BCUT2D eigenvalue weighted by Crippen LogP contribution is 2.28. The summed E-state index contributed by atoms with van der Waals surface area (Å²) in [6, 6.07) is 9.07. The average molecular weight is 354 g/mol. The van der Waals surface area contributed by atoms with Gasteiger partial charge < -0.3 is 16.8 Å². The van der Waals surface area contributed by atoms with E-state index in [-0.39, 0.29) is 49.1 Å². The molecule has 1 aliphatic carbocycles. The molecule has 0 bridgehead atoms. The summed E-state index contributed by atoms with van der Waals surface area (Å²) in [6.07, 6.45) is 6.04. The van der Waals surface area contributed by atoms with Gasteiger partial charge in [-0.3, -0.25) is 9.59 Å². The van der Waals surface area contributed by atoms with Gasteiger partial charge in [-0.15, -0.1) is 12.4 Å². The van der Waals surface area contributed by atoms with Crippen LogP contribution >= 0.6 is 12.4 Å². The molecule has 2 rings (SSSR count). The Kier molecular flexibility index (Phi) is 8.79. The van der Waals surface area contributed by atoms with Crippen molar-refractivity contribution < 1.29 is 9.59 Å². The van der Waals surface area contributed by atoms with E-state index >= 15 is 0 Å². The predicted octanol–water partition coefficient (Wildman–Crippen LogP) is 2.44. The van der Waals surface area contributed by atoms with Gasteiger partial charge in [0.15, 0.2) is 0 Å². The molecule has 2 unspecified atom stereocenters. The van der Waals surface area contributed by atoms with E-state index in [2.05, 4.69) is 5.32 Å². The molecular formula is C18H28ClN3O2. The second-order valence-electron chi connectivity index (χ2n) is 6.46. The molecule has 0 spiro atoms. The summed E-state index contributed by atoms with van der Waals surface area (Å²) in [5.41, 5.74) is 12.4. The molecule has 0 aromatic heterocycles. The summed E-state index contributed by atoms with van der Waals surface area (Å²) in [4.78, 5) is 23.6. The number of carbonyl (C=O) groups is 2. The van der Waals surface area contributed by atoms with Crippen LogP contribution in [0.4, 0.5) is 0 Å². The molecule has 1 aliphatic rings. The normalized spacial score (nSPS) is 17.4. The Morgan fingerprint density at radius 3 is 2.29 bits per heavy atom. The van der Waals surface area contributed by atoms with Gasteiger partial charge in [0.05, 0.1) is 0 Å². The van der Waals surface area contributed by atoms with E-state index in [0.717, 1.165) is 31.2 Å². The highest BCUT2D eigenvalue weighted by Gasteiger charge is 2.27. The van der Waals surface area contributed by atoms with Gasteiger partial charge >= 0.3 is 0 Å². The van der Waals surface area contributed by atoms with Crippen LogP contribution in [0.3, 0.4) is 0 Å². The maximum absolute atomic E-state index is 12.3. The van der Waals surface area contributed by atoms with Crippen LogP contribution in [0.15, 0.2) is 30.3 Å². The number of nitrogens with two attached hydrogens (primary N) is 2. The molecule has 5 N–H and O–H groups in total. The smallest absolute Gasteiger partial charge is 0.222 e. The number of nitrogens with one attached hydrogen (secondary N) is 1. The summed E-state index contributed by atoms with van der Waals surface area (Å²) < 4.78 is 0. The van der Waals surface area contributed by atoms with Crippen LogP contribution in [0, 0.1) is 5.92 Å². The van der Waals surface area contributed by atoms with E-state index in [1.165, 1.54) is 6.42 Å². The van der Waals surface area contributed by atoms with E-state index < -0.39 is 0 Å². The Morgan fingerprint density at radius 1 is 1.08 bits per heavy atom. The zero-order chi connectivity index (χ0) is 16.7. The molecule has 0 aliphatic heterocycles. The van der Waals surface area contributed by atoms with Crippen molar-refractivity contribution in [1.29, 1.82) is 0 Å². The van der Waals surface area contributed by atoms with Gasteiger partial charge in [0.2, 0.25) is 11.8 Å². The number of rotatable bonds is 7. The molecule has 2 atom stereocenters. The molecule has 134 valence electrons. The van der Waals surface area contributed by atoms with Crippen molar-refractivity contribution >= 4 is 24.2 Å². The number of primary amides is 1. The number of halogens is 1. The van der Waals surface area contributed by atoms with Crippen molar-refractivity contribution in [1.82, 2.24) is 5.32 Å². The second-order valence-corrected chi connectivity index (χ2v) is 6.46. The van der Waals surface area contributed by atoms with Crippen LogP contribution in [-0.2, 0) is 9.59 Å². The van der Waals surface area contributed by atoms with Crippen molar-refractivity contribution in [2.24, 2.45) is 17.4 Å². The molecular weight excluding hydrogens is 326 g/mol. The first-order valence-electron chi connectivity index (χ1n) is 8.44. The average Bonchev–Trinajstić information content (AvgIpc) is 2.55. The van der Waals surface area contributed by atoms with Crippen molar-refractivity contribution in [3.8, 4) is 0 Å². The summed E-state index contributed by atoms with van der Waals surface area (Å²) in [5.74, 6) is -0.139. The number of amides is 2. The van der Waals surface area contributed by atoms with E-state index in [0.29, 0.717) is 5.92 Å². The van der Waals surface area contributed by atoms with Crippen LogP contribution in [0.2, 0.25) is 0 Å². The lowest BCUT2D eigenvalue weighted by Crippen LogP contribution is -2.44. The van der Waals surface area contributed by atoms with Crippen LogP contribution < -0.4 is 16.8 Å². The van der Waals surface area contributed by atoms with E-state index in [4.69, 9.17) is 11.5 Å². The van der Waals surface area contributed by atoms with Gasteiger partial charge in [-0.1, -0.05) is 49.6 Å². The second kappa shape index (κ2) is 10.3. The summed E-state index contributed by atoms with van der Waals surface area (Å²) in [5, 5.41) is 3.00. The number of benzene rings is 1. The quantitative estimate of drug-likeness (QED) is 0.702. The molecule has 1 saturated carbocycles. The number of hydrogen-bond acceptors (Lipinski definition) is 3. The molecule has 0 heterocycles. The molecule has 24 heavy (non-hydrogen) atoms. The minimum Gasteiger partial charge on any atom is -0.370 e. The van der Waals surface area contributed by atoms with Gasteiger partial charge in [0, 0.05) is 24.9 Å². The highest BCUT2D eigenvalue weighted by molar-refractivity contribution is 5.85. The zero-order valence-electron chi connectivity index (χ0n) is 13.9. The van der Waals surface area contributed by atoms with E-state index in [1.807, 2.05) is 30.3 Å². The third-order valence-corrected chi connectivity index (χ3v) is 4.62. The fraction of sp³-hybridized carbons (Fsp3) is 0.556. The molecule has 2 amide bonds. The maximum Gasteiger partial charge on any atom is 0.222 e. The van der Waals surface area contributed by atoms with Gasteiger partial charge in [-0.2, -0.15) is 0 Å². The Bertz CT molecular complexity index is 518. The Morgan fingerprint density at radius 2 is 1.71 bits per heavy atom. The summed E-state index contributed by atoms with van der Waals surface area (Å²) >= 11 is 0. The Labute approximate surface area is 150 Å². The zero-order valence-corrected chi connectivity index (χ0v) is 14.8. The van der Waals surface area contributed by atoms with Crippen LogP contribution in [-0.4, -0.2) is 17.9 Å². The minimum absolute atomic E-state index is 0. The van der Waals surface area contributed by atoms with E-state index in [9.17, 15) is 9.59 Å². The molecule has 6 heteroatoms. The van der Waals surface area contributed by atoms with Gasteiger partial charge in [-0.25, -0.2) is 0 Å². The molecule has 1 aromatic carbocycles. The predicted molar refractivity (Wildman–Crippen MR) is 97.6 cm³/mol. The number of carbonyl (C=O) groups excluding carboxylic acids is 2. The van der Waals surface area contributed by atoms with E-state index in [1.54, 1.807) is 0 Å². The fourth-order valence-corrected chi connectivity index (χ4v) is 3.37. The topological polar surface area (TPSA) is 98.2 Å². The van der Waals surface area contributed by atoms with Crippen molar-refractivity contribution in [2.45, 2.75) is 57.0 Å².